The molecular formula is C27H38F2N2O2. The first-order valence-corrected chi connectivity index (χ1v) is 11.9. The number of hydrogen-bond donors (Lipinski definition) is 3. The third-order valence-corrected chi connectivity index (χ3v) is 6.19. The zero-order chi connectivity index (χ0) is 24.2. The van der Waals surface area contributed by atoms with Crippen LogP contribution in [0.4, 0.5) is 14.5 Å². The molecule has 1 unspecified atom stereocenters. The van der Waals surface area contributed by atoms with E-state index in [1.165, 1.54) is 17.7 Å². The number of aliphatic hydroxyl groups is 2. The van der Waals surface area contributed by atoms with Crippen LogP contribution in [0, 0.1) is 23.0 Å². The van der Waals surface area contributed by atoms with E-state index in [9.17, 15) is 19.0 Å². The Hall–Kier alpha value is -2.02. The van der Waals surface area contributed by atoms with E-state index >= 15 is 0 Å². The van der Waals surface area contributed by atoms with E-state index in [2.05, 4.69) is 49.2 Å². The predicted octanol–water partition coefficient (Wildman–Crippen LogP) is 4.45. The van der Waals surface area contributed by atoms with E-state index in [1.54, 1.807) is 0 Å². The van der Waals surface area contributed by atoms with Gasteiger partial charge in [0.1, 0.15) is 11.6 Å². The molecule has 1 saturated heterocycles. The van der Waals surface area contributed by atoms with Crippen molar-refractivity contribution < 1.29 is 19.0 Å². The highest BCUT2D eigenvalue weighted by Crippen LogP contribution is 2.29. The molecule has 1 fully saturated rings. The van der Waals surface area contributed by atoms with Crippen molar-refractivity contribution in [2.75, 3.05) is 24.5 Å². The predicted molar refractivity (Wildman–Crippen MR) is 129 cm³/mol. The highest BCUT2D eigenvalue weighted by molar-refractivity contribution is 5.56. The second kappa shape index (κ2) is 10.9. The van der Waals surface area contributed by atoms with Gasteiger partial charge in [0.15, 0.2) is 0 Å². The number of rotatable bonds is 9. The lowest BCUT2D eigenvalue weighted by molar-refractivity contribution is 0.114. The number of nitrogens with one attached hydrogen (secondary N) is 1. The molecule has 2 aromatic carbocycles. The monoisotopic (exact) mass is 460 g/mol. The summed E-state index contributed by atoms with van der Waals surface area (Å²) in [6, 6.07) is 10.0. The largest absolute Gasteiger partial charge is 0.392 e. The number of halogens is 2. The minimum atomic E-state index is -0.647. The van der Waals surface area contributed by atoms with Crippen molar-refractivity contribution >= 4 is 5.69 Å². The molecule has 33 heavy (non-hydrogen) atoms. The Morgan fingerprint density at radius 3 is 2.39 bits per heavy atom. The molecule has 3 N–H and O–H groups in total. The average Bonchev–Trinajstić information content (AvgIpc) is 3.12. The quantitative estimate of drug-likeness (QED) is 0.517. The molecule has 3 rings (SSSR count). The number of hydrogen-bond acceptors (Lipinski definition) is 4. The van der Waals surface area contributed by atoms with Gasteiger partial charge < -0.3 is 20.4 Å². The third kappa shape index (κ3) is 7.76. The van der Waals surface area contributed by atoms with Gasteiger partial charge in [0.2, 0.25) is 0 Å². The highest BCUT2D eigenvalue weighted by Gasteiger charge is 2.23. The van der Waals surface area contributed by atoms with Crippen molar-refractivity contribution in [2.45, 2.75) is 65.7 Å². The first-order valence-electron chi connectivity index (χ1n) is 11.9. The second-order valence-electron chi connectivity index (χ2n) is 10.7. The molecule has 1 heterocycles. The zero-order valence-electron chi connectivity index (χ0n) is 20.2. The average molecular weight is 461 g/mol. The van der Waals surface area contributed by atoms with Crippen LogP contribution in [0.2, 0.25) is 0 Å². The molecule has 0 radical (unpaired) electrons. The summed E-state index contributed by atoms with van der Waals surface area (Å²) in [5.74, 6) is -1.35. The maximum absolute atomic E-state index is 13.5. The van der Waals surface area contributed by atoms with Gasteiger partial charge in [-0.25, -0.2) is 8.78 Å². The number of anilines is 1. The van der Waals surface area contributed by atoms with E-state index in [0.717, 1.165) is 36.7 Å². The maximum atomic E-state index is 13.5. The fourth-order valence-corrected chi connectivity index (χ4v) is 4.56. The molecule has 6 heteroatoms. The van der Waals surface area contributed by atoms with Gasteiger partial charge in [-0.1, -0.05) is 39.8 Å². The Bertz CT molecular complexity index is 909. The van der Waals surface area contributed by atoms with Gasteiger partial charge in [-0.15, -0.1) is 0 Å². The molecule has 182 valence electrons. The Morgan fingerprint density at radius 1 is 1.09 bits per heavy atom. The molecule has 0 saturated carbocycles. The molecule has 0 aliphatic carbocycles. The van der Waals surface area contributed by atoms with Crippen molar-refractivity contribution in [2.24, 2.45) is 11.3 Å². The smallest absolute Gasteiger partial charge is 0.126 e. The summed E-state index contributed by atoms with van der Waals surface area (Å²) in [7, 11) is 0. The minimum absolute atomic E-state index is 0.154. The molecule has 0 amide bonds. The topological polar surface area (TPSA) is 55.7 Å². The Labute approximate surface area is 196 Å². The van der Waals surface area contributed by atoms with Gasteiger partial charge in [-0.2, -0.15) is 0 Å². The molecule has 2 aromatic rings. The molecular weight excluding hydrogens is 422 g/mol. The van der Waals surface area contributed by atoms with Gasteiger partial charge in [-0.3, -0.25) is 0 Å². The van der Waals surface area contributed by atoms with Crippen LogP contribution in [-0.4, -0.2) is 42.1 Å². The Kier molecular flexibility index (Phi) is 8.48. The van der Waals surface area contributed by atoms with Crippen molar-refractivity contribution in [3.05, 3.63) is 64.7 Å². The van der Waals surface area contributed by atoms with E-state index < -0.39 is 17.7 Å². The standard InChI is InChI=1S/C27H38F2N2O2/c1-18(9-20-11-22(28)13-23(29)12-20)26(33)16-30-15-21-10-19(14-27(2,3)4)5-6-25(21)31-8-7-24(32)17-31/h5-6,10-13,18,24,26,30,32-33H,7-9,14-17H2,1-4H3/t18-,24?,26+/m0/s1. The summed E-state index contributed by atoms with van der Waals surface area (Å²) >= 11 is 0. The molecule has 0 spiro atoms. The van der Waals surface area contributed by atoms with Crippen molar-refractivity contribution in [1.29, 1.82) is 0 Å². The molecule has 0 aromatic heterocycles. The molecule has 0 bridgehead atoms. The SMILES string of the molecule is C[C@@H](Cc1cc(F)cc(F)c1)[C@H](O)CNCc1cc(CC(C)(C)C)ccc1N1CCC(O)C1. The van der Waals surface area contributed by atoms with Crippen LogP contribution in [0.3, 0.4) is 0 Å². The Morgan fingerprint density at radius 2 is 1.79 bits per heavy atom. The van der Waals surface area contributed by atoms with Gasteiger partial charge >= 0.3 is 0 Å². The lowest BCUT2D eigenvalue weighted by Crippen LogP contribution is -2.33. The minimum Gasteiger partial charge on any atom is -0.392 e. The van der Waals surface area contributed by atoms with Crippen molar-refractivity contribution in [3.8, 4) is 0 Å². The summed E-state index contributed by atoms with van der Waals surface area (Å²) in [5.41, 5.74) is 4.26. The lowest BCUT2D eigenvalue weighted by Gasteiger charge is -2.25. The van der Waals surface area contributed by atoms with Gasteiger partial charge in [0.25, 0.3) is 0 Å². The lowest BCUT2D eigenvalue weighted by atomic mass is 9.87. The highest BCUT2D eigenvalue weighted by atomic mass is 19.1. The van der Waals surface area contributed by atoms with Crippen LogP contribution in [0.5, 0.6) is 0 Å². The zero-order valence-corrected chi connectivity index (χ0v) is 20.2. The number of nitrogens with zero attached hydrogens (tertiary/aromatic N) is 1. The van der Waals surface area contributed by atoms with Crippen molar-refractivity contribution in [3.63, 3.8) is 0 Å². The summed E-state index contributed by atoms with van der Waals surface area (Å²) in [6.45, 7) is 11.0. The molecule has 4 nitrogen and oxygen atoms in total. The fraction of sp³-hybridized carbons (Fsp3) is 0.556. The van der Waals surface area contributed by atoms with Crippen LogP contribution >= 0.6 is 0 Å². The number of benzene rings is 2. The van der Waals surface area contributed by atoms with E-state index in [1.807, 2.05) is 6.92 Å². The number of β-amino-alcohol motifs (C(OH)–C–C–N with tert-alkyl or cyclic N) is 1. The molecule has 1 aliphatic heterocycles. The third-order valence-electron chi connectivity index (χ3n) is 6.19. The fourth-order valence-electron chi connectivity index (χ4n) is 4.56. The van der Waals surface area contributed by atoms with Gasteiger partial charge in [0, 0.05) is 37.9 Å². The normalized spacial score (nSPS) is 18.5. The van der Waals surface area contributed by atoms with Crippen LogP contribution in [-0.2, 0) is 19.4 Å². The van der Waals surface area contributed by atoms with Crippen LogP contribution < -0.4 is 10.2 Å². The van der Waals surface area contributed by atoms with Crippen molar-refractivity contribution in [1.82, 2.24) is 5.32 Å². The first kappa shape index (κ1) is 25.6. The van der Waals surface area contributed by atoms with E-state index in [0.29, 0.717) is 31.6 Å². The van der Waals surface area contributed by atoms with Crippen LogP contribution in [0.1, 0.15) is 50.8 Å². The molecule has 3 atom stereocenters. The summed E-state index contributed by atoms with van der Waals surface area (Å²) < 4.78 is 26.9. The summed E-state index contributed by atoms with van der Waals surface area (Å²) in [4.78, 5) is 2.22. The van der Waals surface area contributed by atoms with Gasteiger partial charge in [0.05, 0.1) is 12.2 Å². The van der Waals surface area contributed by atoms with Crippen LogP contribution in [0.15, 0.2) is 36.4 Å². The summed E-state index contributed by atoms with van der Waals surface area (Å²) in [6.07, 6.45) is 1.19. The van der Waals surface area contributed by atoms with E-state index in [4.69, 9.17) is 0 Å². The second-order valence-corrected chi connectivity index (χ2v) is 10.7. The summed E-state index contributed by atoms with van der Waals surface area (Å²) in [5, 5.41) is 24.0. The van der Waals surface area contributed by atoms with E-state index in [-0.39, 0.29) is 17.4 Å². The molecule has 1 aliphatic rings. The maximum Gasteiger partial charge on any atom is 0.126 e. The number of aliphatic hydroxyl groups excluding tert-OH is 2. The van der Waals surface area contributed by atoms with Crippen LogP contribution in [0.25, 0.3) is 0 Å². The Balaban J connectivity index is 1.63. The first-order chi connectivity index (χ1) is 15.5. The van der Waals surface area contributed by atoms with Gasteiger partial charge in [-0.05, 0) is 65.5 Å².